The first kappa shape index (κ1) is 15.5. The Bertz CT molecular complexity index is 516. The van der Waals surface area contributed by atoms with Gasteiger partial charge in [0.2, 0.25) is 5.91 Å². The molecule has 3 N–H and O–H groups in total. The lowest BCUT2D eigenvalue weighted by molar-refractivity contribution is -0.114. The van der Waals surface area contributed by atoms with Crippen LogP contribution in [-0.2, 0) is 4.79 Å². The second-order valence-electron chi connectivity index (χ2n) is 5.55. The molecule has 114 valence electrons. The van der Waals surface area contributed by atoms with E-state index in [1.165, 1.54) is 6.92 Å². The highest BCUT2D eigenvalue weighted by Gasteiger charge is 2.23. The van der Waals surface area contributed by atoms with Crippen LogP contribution in [0.2, 0.25) is 0 Å². The fourth-order valence-corrected chi connectivity index (χ4v) is 2.65. The highest BCUT2D eigenvalue weighted by Crippen LogP contribution is 2.19. The first-order valence-corrected chi connectivity index (χ1v) is 7.43. The minimum atomic E-state index is -0.477. The SMILES string of the molecule is CC(=O)Nc1cccc(C(=O)NC2CCCCCC2O)c1. The molecular weight excluding hydrogens is 268 g/mol. The zero-order chi connectivity index (χ0) is 15.2. The molecule has 0 aromatic heterocycles. The standard InChI is InChI=1S/C16H22N2O3/c1-11(19)17-13-7-5-6-12(10-13)16(21)18-14-8-3-2-4-9-15(14)20/h5-7,10,14-15,20H,2-4,8-9H2,1H3,(H,17,19)(H,18,21). The van der Waals surface area contributed by atoms with Crippen molar-refractivity contribution in [2.45, 2.75) is 51.2 Å². The van der Waals surface area contributed by atoms with E-state index in [-0.39, 0.29) is 17.9 Å². The number of aliphatic hydroxyl groups excluding tert-OH is 1. The second kappa shape index (κ2) is 7.22. The maximum absolute atomic E-state index is 12.3. The summed E-state index contributed by atoms with van der Waals surface area (Å²) in [5.74, 6) is -0.389. The van der Waals surface area contributed by atoms with Crippen LogP contribution in [0.1, 0.15) is 49.4 Å². The third kappa shape index (κ3) is 4.56. The quantitative estimate of drug-likeness (QED) is 0.746. The third-order valence-electron chi connectivity index (χ3n) is 3.74. The Morgan fingerprint density at radius 1 is 1.19 bits per heavy atom. The number of amides is 2. The van der Waals surface area contributed by atoms with Crippen LogP contribution in [0.25, 0.3) is 0 Å². The molecule has 21 heavy (non-hydrogen) atoms. The lowest BCUT2D eigenvalue weighted by atomic mass is 10.1. The Hall–Kier alpha value is -1.88. The van der Waals surface area contributed by atoms with Gasteiger partial charge in [-0.2, -0.15) is 0 Å². The molecule has 2 unspecified atom stereocenters. The molecule has 0 radical (unpaired) electrons. The van der Waals surface area contributed by atoms with Gasteiger partial charge in [-0.1, -0.05) is 25.3 Å². The van der Waals surface area contributed by atoms with Crippen molar-refractivity contribution in [2.24, 2.45) is 0 Å². The Morgan fingerprint density at radius 3 is 2.71 bits per heavy atom. The van der Waals surface area contributed by atoms with Gasteiger partial charge in [-0.05, 0) is 31.0 Å². The van der Waals surface area contributed by atoms with E-state index in [0.29, 0.717) is 11.3 Å². The molecule has 1 saturated carbocycles. The molecule has 1 aromatic rings. The third-order valence-corrected chi connectivity index (χ3v) is 3.74. The number of aliphatic hydroxyl groups is 1. The van der Waals surface area contributed by atoms with E-state index in [1.54, 1.807) is 24.3 Å². The summed E-state index contributed by atoms with van der Waals surface area (Å²) in [4.78, 5) is 23.3. The van der Waals surface area contributed by atoms with Crippen molar-refractivity contribution in [3.05, 3.63) is 29.8 Å². The van der Waals surface area contributed by atoms with Crippen molar-refractivity contribution in [2.75, 3.05) is 5.32 Å². The van der Waals surface area contributed by atoms with Crippen molar-refractivity contribution in [3.63, 3.8) is 0 Å². The van der Waals surface area contributed by atoms with Gasteiger partial charge in [-0.25, -0.2) is 0 Å². The summed E-state index contributed by atoms with van der Waals surface area (Å²) in [6.45, 7) is 1.43. The largest absolute Gasteiger partial charge is 0.391 e. The molecular formula is C16H22N2O3. The average molecular weight is 290 g/mol. The number of carbonyl (C=O) groups excluding carboxylic acids is 2. The number of carbonyl (C=O) groups is 2. The summed E-state index contributed by atoms with van der Waals surface area (Å²) in [5, 5.41) is 15.6. The van der Waals surface area contributed by atoms with Crippen LogP contribution in [-0.4, -0.2) is 29.1 Å². The van der Waals surface area contributed by atoms with Crippen LogP contribution in [0.15, 0.2) is 24.3 Å². The number of nitrogens with one attached hydrogen (secondary N) is 2. The number of hydrogen-bond donors (Lipinski definition) is 3. The first-order valence-electron chi connectivity index (χ1n) is 7.43. The molecule has 0 heterocycles. The Kier molecular flexibility index (Phi) is 5.33. The molecule has 1 aliphatic carbocycles. The van der Waals surface area contributed by atoms with Gasteiger partial charge in [-0.15, -0.1) is 0 Å². The topological polar surface area (TPSA) is 78.4 Å². The molecule has 1 fully saturated rings. The number of hydrogen-bond acceptors (Lipinski definition) is 3. The van der Waals surface area contributed by atoms with Gasteiger partial charge >= 0.3 is 0 Å². The molecule has 5 nitrogen and oxygen atoms in total. The second-order valence-corrected chi connectivity index (χ2v) is 5.55. The van der Waals surface area contributed by atoms with Gasteiger partial charge in [0, 0.05) is 18.2 Å². The first-order chi connectivity index (χ1) is 10.1. The molecule has 1 aromatic carbocycles. The predicted octanol–water partition coefficient (Wildman–Crippen LogP) is 2.07. The van der Waals surface area contributed by atoms with Gasteiger partial charge in [0.25, 0.3) is 5.91 Å². The number of benzene rings is 1. The zero-order valence-corrected chi connectivity index (χ0v) is 12.3. The molecule has 2 atom stereocenters. The van der Waals surface area contributed by atoms with E-state index in [9.17, 15) is 14.7 Å². The molecule has 1 aliphatic rings. The summed E-state index contributed by atoms with van der Waals surface area (Å²) in [6, 6.07) is 6.61. The van der Waals surface area contributed by atoms with Crippen LogP contribution in [0.4, 0.5) is 5.69 Å². The van der Waals surface area contributed by atoms with Crippen LogP contribution in [0, 0.1) is 0 Å². The van der Waals surface area contributed by atoms with E-state index in [1.807, 2.05) is 0 Å². The Morgan fingerprint density at radius 2 is 1.95 bits per heavy atom. The van der Waals surface area contributed by atoms with E-state index in [4.69, 9.17) is 0 Å². The Labute approximate surface area is 124 Å². The molecule has 5 heteroatoms. The highest BCUT2D eigenvalue weighted by atomic mass is 16.3. The molecule has 0 bridgehead atoms. The van der Waals surface area contributed by atoms with Crippen LogP contribution < -0.4 is 10.6 Å². The molecule has 0 saturated heterocycles. The van der Waals surface area contributed by atoms with Gasteiger partial charge in [0.15, 0.2) is 0 Å². The van der Waals surface area contributed by atoms with Crippen molar-refractivity contribution < 1.29 is 14.7 Å². The lowest BCUT2D eigenvalue weighted by Crippen LogP contribution is -2.42. The number of rotatable bonds is 3. The predicted molar refractivity (Wildman–Crippen MR) is 81.1 cm³/mol. The summed E-state index contributed by atoms with van der Waals surface area (Å²) in [5.41, 5.74) is 1.08. The maximum Gasteiger partial charge on any atom is 0.251 e. The van der Waals surface area contributed by atoms with Crippen LogP contribution in [0.5, 0.6) is 0 Å². The van der Waals surface area contributed by atoms with Crippen molar-refractivity contribution in [3.8, 4) is 0 Å². The fraction of sp³-hybridized carbons (Fsp3) is 0.500. The smallest absolute Gasteiger partial charge is 0.251 e. The average Bonchev–Trinajstić information content (AvgIpc) is 2.64. The highest BCUT2D eigenvalue weighted by molar-refractivity contribution is 5.96. The normalized spacial score (nSPS) is 22.2. The van der Waals surface area contributed by atoms with E-state index >= 15 is 0 Å². The minimum absolute atomic E-state index is 0.174. The van der Waals surface area contributed by atoms with Gasteiger partial charge in [0.1, 0.15) is 0 Å². The van der Waals surface area contributed by atoms with E-state index < -0.39 is 6.10 Å². The van der Waals surface area contributed by atoms with Crippen LogP contribution >= 0.6 is 0 Å². The van der Waals surface area contributed by atoms with Crippen LogP contribution in [0.3, 0.4) is 0 Å². The molecule has 0 spiro atoms. The minimum Gasteiger partial charge on any atom is -0.391 e. The zero-order valence-electron chi connectivity index (χ0n) is 12.3. The Balaban J connectivity index is 2.03. The van der Waals surface area contributed by atoms with Gasteiger partial charge < -0.3 is 15.7 Å². The summed E-state index contributed by atoms with van der Waals surface area (Å²) < 4.78 is 0. The lowest BCUT2D eigenvalue weighted by Gasteiger charge is -2.21. The molecule has 2 rings (SSSR count). The van der Waals surface area contributed by atoms with Crippen molar-refractivity contribution in [1.29, 1.82) is 0 Å². The van der Waals surface area contributed by atoms with Gasteiger partial charge in [0.05, 0.1) is 12.1 Å². The van der Waals surface area contributed by atoms with Crippen molar-refractivity contribution >= 4 is 17.5 Å². The van der Waals surface area contributed by atoms with Crippen molar-refractivity contribution in [1.82, 2.24) is 5.32 Å². The summed E-state index contributed by atoms with van der Waals surface area (Å²) >= 11 is 0. The fourth-order valence-electron chi connectivity index (χ4n) is 2.65. The maximum atomic E-state index is 12.3. The van der Waals surface area contributed by atoms with E-state index in [2.05, 4.69) is 10.6 Å². The number of anilines is 1. The van der Waals surface area contributed by atoms with Gasteiger partial charge in [-0.3, -0.25) is 9.59 Å². The summed E-state index contributed by atoms with van der Waals surface area (Å²) in [6.07, 6.45) is 4.19. The molecule has 0 aliphatic heterocycles. The van der Waals surface area contributed by atoms with E-state index in [0.717, 1.165) is 32.1 Å². The monoisotopic (exact) mass is 290 g/mol. The molecule has 2 amide bonds. The summed E-state index contributed by atoms with van der Waals surface area (Å²) in [7, 11) is 0.